The minimum Gasteiger partial charge on any atom is -0.333 e. The maximum absolute atomic E-state index is 12.8. The van der Waals surface area contributed by atoms with Crippen LogP contribution in [0.2, 0.25) is 0 Å². The molecule has 1 aliphatic heterocycles. The highest BCUT2D eigenvalue weighted by molar-refractivity contribution is 5.95. The molecule has 1 N–H and O–H groups in total. The lowest BCUT2D eigenvalue weighted by molar-refractivity contribution is -0.141. The molecule has 2 unspecified atom stereocenters. The summed E-state index contributed by atoms with van der Waals surface area (Å²) in [7, 11) is 0. The Hall–Kier alpha value is -2.06. The lowest BCUT2D eigenvalue weighted by Gasteiger charge is -2.38. The van der Waals surface area contributed by atoms with Crippen LogP contribution in [-0.4, -0.2) is 45.8 Å². The summed E-state index contributed by atoms with van der Waals surface area (Å²) < 4.78 is 39.2. The number of carbonyl (C=O) groups is 1. The monoisotopic (exact) mass is 388 g/mol. The van der Waals surface area contributed by atoms with Crippen LogP contribution < -0.4 is 5.32 Å². The minimum atomic E-state index is -4.49. The minimum absolute atomic E-state index is 0. The number of alkyl halides is 3. The quantitative estimate of drug-likeness (QED) is 0.860. The second kappa shape index (κ2) is 7.67. The Morgan fingerprint density at radius 2 is 2.00 bits per heavy atom. The van der Waals surface area contributed by atoms with Crippen LogP contribution in [0.1, 0.15) is 29.9 Å². The fourth-order valence-electron chi connectivity index (χ4n) is 2.91. The number of aromatic nitrogens is 2. The Morgan fingerprint density at radius 3 is 2.65 bits per heavy atom. The van der Waals surface area contributed by atoms with Crippen LogP contribution >= 0.6 is 12.4 Å². The lowest BCUT2D eigenvalue weighted by Crippen LogP contribution is -2.57. The highest BCUT2D eigenvalue weighted by Gasteiger charge is 2.34. The molecule has 1 aliphatic rings. The summed E-state index contributed by atoms with van der Waals surface area (Å²) in [5.74, 6) is -0.133. The van der Waals surface area contributed by atoms with Crippen LogP contribution in [0.4, 0.5) is 13.2 Å². The fourth-order valence-corrected chi connectivity index (χ4v) is 2.91. The first kappa shape index (κ1) is 20.3. The van der Waals surface area contributed by atoms with E-state index in [-0.39, 0.29) is 30.4 Å². The molecule has 5 nitrogen and oxygen atoms in total. The number of hydrogen-bond donors (Lipinski definition) is 1. The van der Waals surface area contributed by atoms with E-state index in [0.717, 1.165) is 10.7 Å². The van der Waals surface area contributed by atoms with Crippen molar-refractivity contribution >= 4 is 18.3 Å². The summed E-state index contributed by atoms with van der Waals surface area (Å²) in [4.78, 5) is 14.6. The highest BCUT2D eigenvalue weighted by atomic mass is 35.5. The van der Waals surface area contributed by atoms with Crippen molar-refractivity contribution in [1.82, 2.24) is 20.0 Å². The van der Waals surface area contributed by atoms with Gasteiger partial charge >= 0.3 is 6.18 Å². The van der Waals surface area contributed by atoms with E-state index in [1.165, 1.54) is 6.20 Å². The number of rotatable bonds is 2. The molecule has 9 heteroatoms. The van der Waals surface area contributed by atoms with Crippen molar-refractivity contribution in [2.24, 2.45) is 0 Å². The zero-order valence-electron chi connectivity index (χ0n) is 14.3. The van der Waals surface area contributed by atoms with Crippen LogP contribution in [0.25, 0.3) is 5.69 Å². The molecule has 2 atom stereocenters. The number of nitrogens with one attached hydrogen (secondary N) is 1. The standard InChI is InChI=1S/C17H19F3N4O.ClH/c1-11-12(2)23(9-7-21-11)16(25)13-4-3-5-14(10-13)24-8-6-15(22-24)17(18,19)20;/h3-6,8,10-12,21H,7,9H2,1-2H3;1H. The van der Waals surface area contributed by atoms with E-state index in [0.29, 0.717) is 24.3 Å². The number of benzene rings is 1. The van der Waals surface area contributed by atoms with Gasteiger partial charge in [0.1, 0.15) is 0 Å². The lowest BCUT2D eigenvalue weighted by atomic mass is 10.1. The number of hydrogen-bond acceptors (Lipinski definition) is 3. The van der Waals surface area contributed by atoms with Gasteiger partial charge in [0, 0.05) is 36.9 Å². The molecule has 0 aliphatic carbocycles. The van der Waals surface area contributed by atoms with Gasteiger partial charge in [-0.3, -0.25) is 4.79 Å². The first-order valence-electron chi connectivity index (χ1n) is 8.05. The first-order chi connectivity index (χ1) is 11.8. The van der Waals surface area contributed by atoms with Crippen molar-refractivity contribution in [1.29, 1.82) is 0 Å². The number of piperazine rings is 1. The fraction of sp³-hybridized carbons (Fsp3) is 0.412. The Bertz CT molecular complexity index is 777. The molecule has 2 heterocycles. The van der Waals surface area contributed by atoms with Gasteiger partial charge in [-0.15, -0.1) is 12.4 Å². The topological polar surface area (TPSA) is 50.2 Å². The summed E-state index contributed by atoms with van der Waals surface area (Å²) >= 11 is 0. The SMILES string of the molecule is CC1NCCN(C(=O)c2cccc(-n3ccc(C(F)(F)F)n3)c2)C1C.Cl. The van der Waals surface area contributed by atoms with Gasteiger partial charge < -0.3 is 10.2 Å². The van der Waals surface area contributed by atoms with E-state index in [9.17, 15) is 18.0 Å². The number of carbonyl (C=O) groups excluding carboxylic acids is 1. The molecule has 142 valence electrons. The Morgan fingerprint density at radius 1 is 1.27 bits per heavy atom. The predicted molar refractivity (Wildman–Crippen MR) is 93.8 cm³/mol. The van der Waals surface area contributed by atoms with Crippen LogP contribution in [0.15, 0.2) is 36.5 Å². The molecule has 1 saturated heterocycles. The second-order valence-corrected chi connectivity index (χ2v) is 6.18. The summed E-state index contributed by atoms with van der Waals surface area (Å²) in [6.45, 7) is 5.30. The summed E-state index contributed by atoms with van der Waals surface area (Å²) in [6, 6.07) is 7.62. The molecular weight excluding hydrogens is 369 g/mol. The zero-order chi connectivity index (χ0) is 18.2. The van der Waals surface area contributed by atoms with Gasteiger partial charge in [0.05, 0.1) is 5.69 Å². The number of halogens is 4. The highest BCUT2D eigenvalue weighted by Crippen LogP contribution is 2.28. The van der Waals surface area contributed by atoms with E-state index in [1.807, 2.05) is 13.8 Å². The van der Waals surface area contributed by atoms with Crippen LogP contribution in [0.5, 0.6) is 0 Å². The van der Waals surface area contributed by atoms with Crippen LogP contribution in [-0.2, 0) is 6.18 Å². The maximum atomic E-state index is 12.8. The van der Waals surface area contributed by atoms with E-state index < -0.39 is 11.9 Å². The van der Waals surface area contributed by atoms with Crippen molar-refractivity contribution in [3.8, 4) is 5.69 Å². The third-order valence-corrected chi connectivity index (χ3v) is 4.53. The van der Waals surface area contributed by atoms with Crippen LogP contribution in [0.3, 0.4) is 0 Å². The third kappa shape index (κ3) is 4.02. The first-order valence-corrected chi connectivity index (χ1v) is 8.05. The molecule has 0 saturated carbocycles. The maximum Gasteiger partial charge on any atom is 0.435 e. The summed E-state index contributed by atoms with van der Waals surface area (Å²) in [5, 5.41) is 6.86. The molecule has 3 rings (SSSR count). The molecule has 1 aromatic carbocycles. The molecule has 1 fully saturated rings. The van der Waals surface area contributed by atoms with Crippen molar-refractivity contribution in [3.05, 3.63) is 47.8 Å². The molecule has 1 amide bonds. The van der Waals surface area contributed by atoms with Gasteiger partial charge in [-0.2, -0.15) is 18.3 Å². The van der Waals surface area contributed by atoms with Gasteiger partial charge in [-0.1, -0.05) is 6.07 Å². The Labute approximate surface area is 155 Å². The van der Waals surface area contributed by atoms with Crippen LogP contribution in [0, 0.1) is 0 Å². The average molecular weight is 389 g/mol. The zero-order valence-corrected chi connectivity index (χ0v) is 15.1. The van der Waals surface area contributed by atoms with Crippen molar-refractivity contribution in [2.75, 3.05) is 13.1 Å². The van der Waals surface area contributed by atoms with E-state index in [1.54, 1.807) is 29.2 Å². The largest absolute Gasteiger partial charge is 0.435 e. The van der Waals surface area contributed by atoms with Gasteiger partial charge in [-0.25, -0.2) is 4.68 Å². The number of amides is 1. The van der Waals surface area contributed by atoms with Gasteiger partial charge in [0.25, 0.3) is 5.91 Å². The normalized spacial score (nSPS) is 20.6. The van der Waals surface area contributed by atoms with E-state index >= 15 is 0 Å². The molecule has 0 spiro atoms. The third-order valence-electron chi connectivity index (χ3n) is 4.53. The van der Waals surface area contributed by atoms with E-state index in [4.69, 9.17) is 0 Å². The van der Waals surface area contributed by atoms with Crippen molar-refractivity contribution in [2.45, 2.75) is 32.1 Å². The van der Waals surface area contributed by atoms with Gasteiger partial charge in [0.15, 0.2) is 5.69 Å². The van der Waals surface area contributed by atoms with Crippen molar-refractivity contribution in [3.63, 3.8) is 0 Å². The van der Waals surface area contributed by atoms with Gasteiger partial charge in [-0.05, 0) is 38.1 Å². The van der Waals surface area contributed by atoms with Crippen molar-refractivity contribution < 1.29 is 18.0 Å². The summed E-state index contributed by atoms with van der Waals surface area (Å²) in [5.41, 5.74) is -0.117. The summed E-state index contributed by atoms with van der Waals surface area (Å²) in [6.07, 6.45) is -3.26. The average Bonchev–Trinajstić information content (AvgIpc) is 3.07. The molecule has 2 aromatic rings. The second-order valence-electron chi connectivity index (χ2n) is 6.18. The number of nitrogens with zero attached hydrogens (tertiary/aromatic N) is 3. The van der Waals surface area contributed by atoms with Gasteiger partial charge in [0.2, 0.25) is 0 Å². The smallest absolute Gasteiger partial charge is 0.333 e. The molecule has 0 bridgehead atoms. The van der Waals surface area contributed by atoms with E-state index in [2.05, 4.69) is 10.4 Å². The molecular formula is C17H20ClF3N4O. The molecule has 26 heavy (non-hydrogen) atoms. The molecule has 1 aromatic heterocycles. The Balaban J connectivity index is 0.00000243. The molecule has 0 radical (unpaired) electrons. The predicted octanol–water partition coefficient (Wildman–Crippen LogP) is 3.14. The Kier molecular flexibility index (Phi) is 5.98.